The molecule has 0 radical (unpaired) electrons. The second-order valence-electron chi connectivity index (χ2n) is 6.67. The number of anilines is 1. The van der Waals surface area contributed by atoms with Gasteiger partial charge in [0.15, 0.2) is 5.96 Å². The fourth-order valence-corrected chi connectivity index (χ4v) is 3.03. The molecule has 0 aliphatic carbocycles. The van der Waals surface area contributed by atoms with Crippen LogP contribution in [0.25, 0.3) is 10.9 Å². The average molecular weight is 495 g/mol. The molecule has 1 aromatic heterocycles. The van der Waals surface area contributed by atoms with E-state index in [1.807, 2.05) is 26.4 Å². The molecule has 150 valence electrons. The summed E-state index contributed by atoms with van der Waals surface area (Å²) in [7, 11) is 5.83. The third-order valence-electron chi connectivity index (χ3n) is 4.53. The summed E-state index contributed by atoms with van der Waals surface area (Å²) in [6.07, 6.45) is 2.76. The average Bonchev–Trinajstić information content (AvgIpc) is 3.06. The summed E-state index contributed by atoms with van der Waals surface area (Å²) in [5.74, 6) is 0.535. The molecule has 0 fully saturated rings. The molecule has 0 saturated heterocycles. The lowest BCUT2D eigenvalue weighted by Crippen LogP contribution is -2.37. The third kappa shape index (κ3) is 5.60. The highest BCUT2D eigenvalue weighted by Gasteiger charge is 2.05. The van der Waals surface area contributed by atoms with Crippen LogP contribution in [0.1, 0.15) is 11.1 Å². The summed E-state index contributed by atoms with van der Waals surface area (Å²) in [6.45, 7) is 1.44. The number of nitrogens with one attached hydrogen (secondary N) is 3. The summed E-state index contributed by atoms with van der Waals surface area (Å²) in [5, 5.41) is 7.73. The van der Waals surface area contributed by atoms with Crippen LogP contribution in [-0.4, -0.2) is 38.6 Å². The molecule has 2 aromatic carbocycles. The van der Waals surface area contributed by atoms with E-state index in [0.29, 0.717) is 6.54 Å². The fourth-order valence-electron chi connectivity index (χ4n) is 3.03. The van der Waals surface area contributed by atoms with Crippen LogP contribution in [0, 0.1) is 5.82 Å². The fraction of sp³-hybridized carbons (Fsp3) is 0.286. The van der Waals surface area contributed by atoms with Crippen molar-refractivity contribution >= 4 is 46.5 Å². The quantitative estimate of drug-likeness (QED) is 0.276. The first-order valence-electron chi connectivity index (χ1n) is 9.03. The van der Waals surface area contributed by atoms with Gasteiger partial charge in [0.25, 0.3) is 0 Å². The van der Waals surface area contributed by atoms with Gasteiger partial charge in [-0.15, -0.1) is 24.0 Å². The van der Waals surface area contributed by atoms with Crippen molar-refractivity contribution in [1.29, 1.82) is 0 Å². The van der Waals surface area contributed by atoms with E-state index >= 15 is 0 Å². The van der Waals surface area contributed by atoms with Gasteiger partial charge in [0.1, 0.15) is 5.82 Å². The maximum absolute atomic E-state index is 13.3. The van der Waals surface area contributed by atoms with Gasteiger partial charge in [-0.05, 0) is 47.9 Å². The van der Waals surface area contributed by atoms with Crippen molar-refractivity contribution in [2.24, 2.45) is 4.99 Å². The Morgan fingerprint density at radius 2 is 1.96 bits per heavy atom. The molecule has 3 aromatic rings. The van der Waals surface area contributed by atoms with E-state index in [2.05, 4.69) is 49.8 Å². The number of benzene rings is 2. The lowest BCUT2D eigenvalue weighted by molar-refractivity contribution is 0.629. The molecule has 0 amide bonds. The summed E-state index contributed by atoms with van der Waals surface area (Å²) in [6, 6.07) is 13.2. The molecule has 3 N–H and O–H groups in total. The van der Waals surface area contributed by atoms with E-state index in [-0.39, 0.29) is 29.8 Å². The number of H-pyrrole nitrogens is 1. The molecule has 0 aliphatic rings. The maximum atomic E-state index is 13.3. The van der Waals surface area contributed by atoms with Crippen LogP contribution in [-0.2, 0) is 13.0 Å². The number of nitrogens with zero attached hydrogens (tertiary/aromatic N) is 2. The second kappa shape index (κ2) is 10.3. The Bertz CT molecular complexity index is 935. The standard InChI is InChI=1S/C21H26FN5.HI/c1-23-21(26-13-15-5-4-6-18(11-15)27(2)3)24-10-9-16-14-25-20-12-17(22)7-8-19(16)20;/h4-8,11-12,14,25H,9-10,13H2,1-3H3,(H2,23,24,26);1H. The van der Waals surface area contributed by atoms with Crippen molar-refractivity contribution in [2.45, 2.75) is 13.0 Å². The number of hydrogen-bond donors (Lipinski definition) is 3. The van der Waals surface area contributed by atoms with Gasteiger partial charge in [0.2, 0.25) is 0 Å². The first-order chi connectivity index (χ1) is 13.1. The molecule has 0 saturated carbocycles. The van der Waals surface area contributed by atoms with E-state index in [1.165, 1.54) is 23.4 Å². The molecule has 1 heterocycles. The lowest BCUT2D eigenvalue weighted by Gasteiger charge is -2.15. The van der Waals surface area contributed by atoms with Crippen LogP contribution in [0.15, 0.2) is 53.7 Å². The smallest absolute Gasteiger partial charge is 0.191 e. The number of fused-ring (bicyclic) bond motifs is 1. The van der Waals surface area contributed by atoms with Crippen LogP contribution < -0.4 is 15.5 Å². The second-order valence-corrected chi connectivity index (χ2v) is 6.67. The topological polar surface area (TPSA) is 55.5 Å². The molecule has 0 unspecified atom stereocenters. The minimum absolute atomic E-state index is 0. The highest BCUT2D eigenvalue weighted by Crippen LogP contribution is 2.19. The van der Waals surface area contributed by atoms with Crippen molar-refractivity contribution in [3.8, 4) is 0 Å². The molecule has 0 spiro atoms. The first-order valence-corrected chi connectivity index (χ1v) is 9.03. The molecule has 0 aliphatic heterocycles. The van der Waals surface area contributed by atoms with Crippen LogP contribution in [0.4, 0.5) is 10.1 Å². The van der Waals surface area contributed by atoms with Crippen molar-refractivity contribution in [1.82, 2.24) is 15.6 Å². The molecule has 28 heavy (non-hydrogen) atoms. The van der Waals surface area contributed by atoms with Crippen LogP contribution in [0.5, 0.6) is 0 Å². The van der Waals surface area contributed by atoms with Gasteiger partial charge in [-0.25, -0.2) is 4.39 Å². The Morgan fingerprint density at radius 1 is 1.14 bits per heavy atom. The Kier molecular flexibility index (Phi) is 8.10. The predicted octanol–water partition coefficient (Wildman–Crippen LogP) is 3.90. The van der Waals surface area contributed by atoms with E-state index in [4.69, 9.17) is 0 Å². The zero-order valence-electron chi connectivity index (χ0n) is 16.4. The Labute approximate surface area is 182 Å². The van der Waals surface area contributed by atoms with Crippen molar-refractivity contribution < 1.29 is 4.39 Å². The summed E-state index contributed by atoms with van der Waals surface area (Å²) < 4.78 is 13.3. The monoisotopic (exact) mass is 495 g/mol. The van der Waals surface area contributed by atoms with Gasteiger partial charge in [-0.2, -0.15) is 0 Å². The Morgan fingerprint density at radius 3 is 2.71 bits per heavy atom. The molecule has 3 rings (SSSR count). The van der Waals surface area contributed by atoms with Gasteiger partial charge in [-0.1, -0.05) is 12.1 Å². The first kappa shape index (κ1) is 22.0. The Balaban J connectivity index is 0.00000280. The number of hydrogen-bond acceptors (Lipinski definition) is 2. The van der Waals surface area contributed by atoms with Gasteiger partial charge in [0, 0.05) is 57.0 Å². The van der Waals surface area contributed by atoms with Crippen molar-refractivity contribution in [3.63, 3.8) is 0 Å². The van der Waals surface area contributed by atoms with Gasteiger partial charge >= 0.3 is 0 Å². The van der Waals surface area contributed by atoms with Gasteiger partial charge < -0.3 is 20.5 Å². The van der Waals surface area contributed by atoms with E-state index in [9.17, 15) is 4.39 Å². The van der Waals surface area contributed by atoms with Crippen LogP contribution in [0.3, 0.4) is 0 Å². The summed E-state index contributed by atoms with van der Waals surface area (Å²) in [4.78, 5) is 9.49. The van der Waals surface area contributed by atoms with Gasteiger partial charge in [0.05, 0.1) is 0 Å². The summed E-state index contributed by atoms with van der Waals surface area (Å²) >= 11 is 0. The zero-order chi connectivity index (χ0) is 19.2. The zero-order valence-corrected chi connectivity index (χ0v) is 18.8. The SMILES string of the molecule is CN=C(NCCc1c[nH]c2cc(F)ccc12)NCc1cccc(N(C)C)c1.I. The Hall–Kier alpha value is -2.29. The minimum Gasteiger partial charge on any atom is -0.378 e. The van der Waals surface area contributed by atoms with Crippen molar-refractivity contribution in [2.75, 3.05) is 32.6 Å². The highest BCUT2D eigenvalue weighted by atomic mass is 127. The lowest BCUT2D eigenvalue weighted by atomic mass is 10.1. The predicted molar refractivity (Wildman–Crippen MR) is 126 cm³/mol. The van der Waals surface area contributed by atoms with E-state index in [0.717, 1.165) is 35.4 Å². The van der Waals surface area contributed by atoms with E-state index < -0.39 is 0 Å². The minimum atomic E-state index is -0.225. The molecule has 0 bridgehead atoms. The number of guanidine groups is 1. The van der Waals surface area contributed by atoms with E-state index in [1.54, 1.807) is 7.05 Å². The largest absolute Gasteiger partial charge is 0.378 e. The normalized spacial score (nSPS) is 11.2. The van der Waals surface area contributed by atoms with Crippen LogP contribution in [0.2, 0.25) is 0 Å². The molecule has 5 nitrogen and oxygen atoms in total. The number of rotatable bonds is 6. The number of aliphatic imine (C=N–C) groups is 1. The van der Waals surface area contributed by atoms with Crippen LogP contribution >= 0.6 is 24.0 Å². The molecular weight excluding hydrogens is 468 g/mol. The van der Waals surface area contributed by atoms with Crippen molar-refractivity contribution in [3.05, 3.63) is 65.6 Å². The number of aromatic amines is 1. The van der Waals surface area contributed by atoms with Gasteiger partial charge in [-0.3, -0.25) is 4.99 Å². The number of halogens is 2. The molecule has 0 atom stereocenters. The summed E-state index contributed by atoms with van der Waals surface area (Å²) in [5.41, 5.74) is 4.36. The maximum Gasteiger partial charge on any atom is 0.191 e. The molecule has 7 heteroatoms. The molecular formula is C21H27FIN5. The highest BCUT2D eigenvalue weighted by molar-refractivity contribution is 14.0. The third-order valence-corrected chi connectivity index (χ3v) is 4.53. The number of aromatic nitrogens is 1.